The zero-order valence-electron chi connectivity index (χ0n) is 14.5. The van der Waals surface area contributed by atoms with E-state index in [1.54, 1.807) is 19.1 Å². The van der Waals surface area contributed by atoms with Crippen molar-refractivity contribution in [3.63, 3.8) is 0 Å². The Balaban J connectivity index is 1.92. The summed E-state index contributed by atoms with van der Waals surface area (Å²) in [7, 11) is -3.58. The second-order valence-corrected chi connectivity index (χ2v) is 9.12. The molecule has 1 unspecified atom stereocenters. The van der Waals surface area contributed by atoms with Gasteiger partial charge in [0.05, 0.1) is 4.90 Å². The van der Waals surface area contributed by atoms with E-state index in [-0.39, 0.29) is 11.5 Å². The summed E-state index contributed by atoms with van der Waals surface area (Å²) in [5, 5.41) is 3.78. The molecule has 0 radical (unpaired) electrons. The minimum atomic E-state index is -3.58. The standard InChI is InChI=1S/C17H23N3O3S/c1-12-18-16(23-19-12)15-6-5-11-20(15)24(21,22)14-9-7-13(8-10-14)17(2,3)4/h7-10,15H,5-6,11H2,1-4H3. The molecule has 2 heterocycles. The molecule has 2 aromatic rings. The maximum Gasteiger partial charge on any atom is 0.245 e. The summed E-state index contributed by atoms with van der Waals surface area (Å²) in [6.07, 6.45) is 1.48. The number of nitrogens with zero attached hydrogens (tertiary/aromatic N) is 3. The number of benzene rings is 1. The molecule has 1 fully saturated rings. The molecule has 1 atom stereocenters. The Morgan fingerprint density at radius 1 is 1.21 bits per heavy atom. The monoisotopic (exact) mass is 349 g/mol. The minimum absolute atomic E-state index is 0.0141. The molecule has 24 heavy (non-hydrogen) atoms. The van der Waals surface area contributed by atoms with Crippen LogP contribution in [0.4, 0.5) is 0 Å². The molecule has 7 heteroatoms. The zero-order valence-corrected chi connectivity index (χ0v) is 15.3. The third kappa shape index (κ3) is 3.10. The van der Waals surface area contributed by atoms with Crippen LogP contribution in [0.15, 0.2) is 33.7 Å². The number of aromatic nitrogens is 2. The molecule has 0 spiro atoms. The van der Waals surface area contributed by atoms with Gasteiger partial charge < -0.3 is 4.52 Å². The van der Waals surface area contributed by atoms with Crippen molar-refractivity contribution in [1.82, 2.24) is 14.4 Å². The second kappa shape index (κ2) is 5.97. The van der Waals surface area contributed by atoms with Crippen LogP contribution in [0.3, 0.4) is 0 Å². The molecule has 1 saturated heterocycles. The summed E-state index contributed by atoms with van der Waals surface area (Å²) >= 11 is 0. The van der Waals surface area contributed by atoms with E-state index in [0.29, 0.717) is 29.6 Å². The Morgan fingerprint density at radius 2 is 1.88 bits per heavy atom. The van der Waals surface area contributed by atoms with Crippen molar-refractivity contribution in [2.75, 3.05) is 6.54 Å². The van der Waals surface area contributed by atoms with Crippen molar-refractivity contribution in [3.05, 3.63) is 41.5 Å². The highest BCUT2D eigenvalue weighted by atomic mass is 32.2. The van der Waals surface area contributed by atoms with Crippen LogP contribution < -0.4 is 0 Å². The van der Waals surface area contributed by atoms with Crippen molar-refractivity contribution in [1.29, 1.82) is 0 Å². The van der Waals surface area contributed by atoms with E-state index in [9.17, 15) is 8.42 Å². The van der Waals surface area contributed by atoms with Gasteiger partial charge in [-0.3, -0.25) is 0 Å². The average molecular weight is 349 g/mol. The average Bonchev–Trinajstić information content (AvgIpc) is 3.15. The molecule has 1 aromatic carbocycles. The molecule has 3 rings (SSSR count). The predicted molar refractivity (Wildman–Crippen MR) is 90.0 cm³/mol. The summed E-state index contributed by atoms with van der Waals surface area (Å²) in [5.74, 6) is 0.892. The lowest BCUT2D eigenvalue weighted by molar-refractivity contribution is 0.289. The van der Waals surface area contributed by atoms with E-state index in [0.717, 1.165) is 12.0 Å². The van der Waals surface area contributed by atoms with Gasteiger partial charge in [0.25, 0.3) is 0 Å². The lowest BCUT2D eigenvalue weighted by Gasteiger charge is -2.23. The Labute approximate surface area is 142 Å². The number of sulfonamides is 1. The molecule has 1 aromatic heterocycles. The molecular weight excluding hydrogens is 326 g/mol. The third-order valence-electron chi connectivity index (χ3n) is 4.36. The third-order valence-corrected chi connectivity index (χ3v) is 6.28. The van der Waals surface area contributed by atoms with Crippen LogP contribution in [0.5, 0.6) is 0 Å². The molecule has 1 aliphatic rings. The Kier molecular flexibility index (Phi) is 4.25. The largest absolute Gasteiger partial charge is 0.338 e. The van der Waals surface area contributed by atoms with Gasteiger partial charge in [-0.15, -0.1) is 0 Å². The Hall–Kier alpha value is -1.73. The van der Waals surface area contributed by atoms with Crippen LogP contribution in [0, 0.1) is 6.92 Å². The van der Waals surface area contributed by atoms with E-state index < -0.39 is 10.0 Å². The van der Waals surface area contributed by atoms with Crippen LogP contribution >= 0.6 is 0 Å². The number of hydrogen-bond donors (Lipinski definition) is 0. The van der Waals surface area contributed by atoms with Gasteiger partial charge in [-0.25, -0.2) is 8.42 Å². The molecular formula is C17H23N3O3S. The molecule has 0 N–H and O–H groups in total. The SMILES string of the molecule is Cc1noc(C2CCCN2S(=O)(=O)c2ccc(C(C)(C)C)cc2)n1. The first-order chi connectivity index (χ1) is 11.2. The molecule has 0 aliphatic carbocycles. The Bertz CT molecular complexity index is 820. The van der Waals surface area contributed by atoms with E-state index in [2.05, 4.69) is 30.9 Å². The van der Waals surface area contributed by atoms with Crippen molar-refractivity contribution in [3.8, 4) is 0 Å². The molecule has 0 saturated carbocycles. The first-order valence-electron chi connectivity index (χ1n) is 8.12. The quantitative estimate of drug-likeness (QED) is 0.850. The van der Waals surface area contributed by atoms with Gasteiger partial charge in [0.15, 0.2) is 5.82 Å². The smallest absolute Gasteiger partial charge is 0.245 e. The maximum atomic E-state index is 13.0. The summed E-state index contributed by atoms with van der Waals surface area (Å²) in [4.78, 5) is 4.52. The van der Waals surface area contributed by atoms with Gasteiger partial charge in [0.1, 0.15) is 6.04 Å². The highest BCUT2D eigenvalue weighted by molar-refractivity contribution is 7.89. The first-order valence-corrected chi connectivity index (χ1v) is 9.56. The topological polar surface area (TPSA) is 76.3 Å². The van der Waals surface area contributed by atoms with Gasteiger partial charge in [-0.1, -0.05) is 38.1 Å². The Morgan fingerprint density at radius 3 is 2.42 bits per heavy atom. The second-order valence-electron chi connectivity index (χ2n) is 7.23. The highest BCUT2D eigenvalue weighted by Crippen LogP contribution is 2.36. The highest BCUT2D eigenvalue weighted by Gasteiger charge is 2.39. The fraction of sp³-hybridized carbons (Fsp3) is 0.529. The predicted octanol–water partition coefficient (Wildman–Crippen LogP) is 3.20. The molecule has 0 amide bonds. The summed E-state index contributed by atoms with van der Waals surface area (Å²) in [6, 6.07) is 6.76. The van der Waals surface area contributed by atoms with E-state index >= 15 is 0 Å². The van der Waals surface area contributed by atoms with Gasteiger partial charge >= 0.3 is 0 Å². The number of hydrogen-bond acceptors (Lipinski definition) is 5. The van der Waals surface area contributed by atoms with Crippen molar-refractivity contribution in [2.45, 2.75) is 56.9 Å². The lowest BCUT2D eigenvalue weighted by atomic mass is 9.87. The van der Waals surface area contributed by atoms with E-state index in [1.807, 2.05) is 12.1 Å². The van der Waals surface area contributed by atoms with Crippen LogP contribution in [0.1, 0.15) is 56.9 Å². The van der Waals surface area contributed by atoms with Crippen molar-refractivity contribution >= 4 is 10.0 Å². The lowest BCUT2D eigenvalue weighted by Crippen LogP contribution is -2.31. The van der Waals surface area contributed by atoms with Crippen molar-refractivity contribution < 1.29 is 12.9 Å². The fourth-order valence-corrected chi connectivity index (χ4v) is 4.64. The summed E-state index contributed by atoms with van der Waals surface area (Å²) in [5.41, 5.74) is 1.09. The van der Waals surface area contributed by atoms with Crippen LogP contribution in [0.25, 0.3) is 0 Å². The normalized spacial score (nSPS) is 19.8. The van der Waals surface area contributed by atoms with E-state index in [4.69, 9.17) is 4.52 Å². The van der Waals surface area contributed by atoms with Gasteiger partial charge in [0, 0.05) is 6.54 Å². The number of aryl methyl sites for hydroxylation is 1. The first kappa shape index (κ1) is 17.1. The number of rotatable bonds is 3. The molecule has 0 bridgehead atoms. The van der Waals surface area contributed by atoms with Crippen LogP contribution in [-0.2, 0) is 15.4 Å². The van der Waals surface area contributed by atoms with E-state index in [1.165, 1.54) is 4.31 Å². The summed E-state index contributed by atoms with van der Waals surface area (Å²) < 4.78 is 32.7. The molecule has 130 valence electrons. The van der Waals surface area contributed by atoms with Crippen LogP contribution in [0.2, 0.25) is 0 Å². The van der Waals surface area contributed by atoms with Gasteiger partial charge in [-0.2, -0.15) is 9.29 Å². The fourth-order valence-electron chi connectivity index (χ4n) is 2.99. The maximum absolute atomic E-state index is 13.0. The van der Waals surface area contributed by atoms with Gasteiger partial charge in [0.2, 0.25) is 15.9 Å². The van der Waals surface area contributed by atoms with Gasteiger partial charge in [-0.05, 0) is 42.9 Å². The van der Waals surface area contributed by atoms with Crippen molar-refractivity contribution in [2.24, 2.45) is 0 Å². The summed E-state index contributed by atoms with van der Waals surface area (Å²) in [6.45, 7) is 8.50. The molecule has 1 aliphatic heterocycles. The minimum Gasteiger partial charge on any atom is -0.338 e. The molecule has 6 nitrogen and oxygen atoms in total. The van der Waals surface area contributed by atoms with Crippen LogP contribution in [-0.4, -0.2) is 29.4 Å². The zero-order chi connectivity index (χ0) is 17.5.